The highest BCUT2D eigenvalue weighted by Gasteiger charge is 2.24. The summed E-state index contributed by atoms with van der Waals surface area (Å²) in [5, 5.41) is 19.7. The molecule has 1 aromatic carbocycles. The molecule has 1 heterocycles. The topological polar surface area (TPSA) is 88.6 Å². The number of nitro groups is 1. The predicted octanol–water partition coefficient (Wildman–Crippen LogP) is 1.72. The minimum Gasteiger partial charge on any atom is -0.486 e. The molecule has 1 aliphatic rings. The Bertz CT molecular complexity index is 539. The van der Waals surface area contributed by atoms with E-state index in [1.807, 2.05) is 6.07 Å². The van der Waals surface area contributed by atoms with Crippen LogP contribution >= 0.6 is 0 Å². The van der Waals surface area contributed by atoms with Gasteiger partial charge in [-0.05, 0) is 0 Å². The van der Waals surface area contributed by atoms with Gasteiger partial charge >= 0.3 is 0 Å². The van der Waals surface area contributed by atoms with Gasteiger partial charge in [0.2, 0.25) is 0 Å². The van der Waals surface area contributed by atoms with E-state index >= 15 is 0 Å². The van der Waals surface area contributed by atoms with Crippen LogP contribution in [-0.4, -0.2) is 31.7 Å². The molecule has 0 N–H and O–H groups in total. The molecule has 0 unspecified atom stereocenters. The monoisotopic (exact) mass is 263 g/mol. The number of benzene rings is 1. The van der Waals surface area contributed by atoms with Crippen LogP contribution in [0, 0.1) is 21.4 Å². The number of hydrogen-bond acceptors (Lipinski definition) is 6. The van der Waals surface area contributed by atoms with Crippen LogP contribution in [0.4, 0.5) is 11.4 Å². The fraction of sp³-hybridized carbons (Fsp3) is 0.417. The Balaban J connectivity index is 2.40. The van der Waals surface area contributed by atoms with Crippen LogP contribution in [0.5, 0.6) is 11.5 Å². The molecule has 1 aromatic rings. The van der Waals surface area contributed by atoms with Crippen molar-refractivity contribution in [1.29, 1.82) is 5.26 Å². The summed E-state index contributed by atoms with van der Waals surface area (Å²) in [6.45, 7) is 1.22. The zero-order valence-electron chi connectivity index (χ0n) is 10.5. The summed E-state index contributed by atoms with van der Waals surface area (Å²) < 4.78 is 10.7. The second kappa shape index (κ2) is 5.44. The van der Waals surface area contributed by atoms with Crippen molar-refractivity contribution < 1.29 is 14.4 Å². The van der Waals surface area contributed by atoms with Gasteiger partial charge in [-0.2, -0.15) is 5.26 Å². The second-order valence-corrected chi connectivity index (χ2v) is 4.07. The van der Waals surface area contributed by atoms with Gasteiger partial charge in [0, 0.05) is 19.7 Å². The lowest BCUT2D eigenvalue weighted by Crippen LogP contribution is -2.21. The standard InChI is InChI=1S/C12H13N3O4/c1-14(4-2-3-13)9-7-11-12(19-6-5-18-11)8-10(9)15(16)17/h7-8H,2,4-6H2,1H3. The molecule has 0 saturated carbocycles. The molecule has 2 rings (SSSR count). The van der Waals surface area contributed by atoms with Crippen LogP contribution in [0.15, 0.2) is 12.1 Å². The third-order valence-corrected chi connectivity index (χ3v) is 2.81. The lowest BCUT2D eigenvalue weighted by molar-refractivity contribution is -0.384. The van der Waals surface area contributed by atoms with Crippen LogP contribution < -0.4 is 14.4 Å². The minimum atomic E-state index is -0.462. The average molecular weight is 263 g/mol. The summed E-state index contributed by atoms with van der Waals surface area (Å²) in [5.41, 5.74) is 0.370. The van der Waals surface area contributed by atoms with E-state index in [0.29, 0.717) is 43.4 Å². The SMILES string of the molecule is CN(CCC#N)c1cc2c(cc1[N+](=O)[O-])OCCO2. The van der Waals surface area contributed by atoms with Crippen molar-refractivity contribution in [2.75, 3.05) is 31.7 Å². The molecular weight excluding hydrogens is 250 g/mol. The molecule has 19 heavy (non-hydrogen) atoms. The van der Waals surface area contributed by atoms with Crippen LogP contribution in [0.2, 0.25) is 0 Å². The highest BCUT2D eigenvalue weighted by molar-refractivity contribution is 5.69. The Morgan fingerprint density at radius 3 is 2.63 bits per heavy atom. The largest absolute Gasteiger partial charge is 0.486 e. The normalized spacial score (nSPS) is 12.6. The van der Waals surface area contributed by atoms with Gasteiger partial charge in [-0.3, -0.25) is 10.1 Å². The van der Waals surface area contributed by atoms with Gasteiger partial charge in [0.1, 0.15) is 18.9 Å². The van der Waals surface area contributed by atoms with Crippen LogP contribution in [0.25, 0.3) is 0 Å². The smallest absolute Gasteiger partial charge is 0.296 e. The maximum absolute atomic E-state index is 11.1. The number of ether oxygens (including phenoxy) is 2. The zero-order valence-corrected chi connectivity index (χ0v) is 10.5. The third-order valence-electron chi connectivity index (χ3n) is 2.81. The van der Waals surface area contributed by atoms with Crippen molar-refractivity contribution in [1.82, 2.24) is 0 Å². The van der Waals surface area contributed by atoms with E-state index in [0.717, 1.165) is 0 Å². The number of nitro benzene ring substituents is 1. The molecule has 0 aliphatic carbocycles. The summed E-state index contributed by atoms with van der Waals surface area (Å²) in [7, 11) is 1.70. The molecule has 0 fully saturated rings. The minimum absolute atomic E-state index is 0.0512. The number of fused-ring (bicyclic) bond motifs is 1. The predicted molar refractivity (Wildman–Crippen MR) is 67.6 cm³/mol. The van der Waals surface area contributed by atoms with E-state index in [4.69, 9.17) is 14.7 Å². The van der Waals surface area contributed by atoms with Crippen molar-refractivity contribution >= 4 is 11.4 Å². The highest BCUT2D eigenvalue weighted by Crippen LogP contribution is 2.40. The number of nitrogens with zero attached hydrogens (tertiary/aromatic N) is 3. The summed E-state index contributed by atoms with van der Waals surface area (Å²) in [4.78, 5) is 12.3. The molecule has 100 valence electrons. The molecule has 7 heteroatoms. The van der Waals surface area contributed by atoms with Gasteiger partial charge in [0.25, 0.3) is 5.69 Å². The molecular formula is C12H13N3O4. The number of rotatable bonds is 4. The molecule has 0 saturated heterocycles. The van der Waals surface area contributed by atoms with E-state index in [2.05, 4.69) is 0 Å². The van der Waals surface area contributed by atoms with Crippen molar-refractivity contribution in [2.24, 2.45) is 0 Å². The summed E-state index contributed by atoms with van der Waals surface area (Å²) in [6, 6.07) is 4.97. The van der Waals surface area contributed by atoms with E-state index in [-0.39, 0.29) is 5.69 Å². The molecule has 0 spiro atoms. The first kappa shape index (κ1) is 13.0. The van der Waals surface area contributed by atoms with Crippen LogP contribution in [0.1, 0.15) is 6.42 Å². The Morgan fingerprint density at radius 2 is 2.05 bits per heavy atom. The second-order valence-electron chi connectivity index (χ2n) is 4.07. The maximum Gasteiger partial charge on any atom is 0.296 e. The van der Waals surface area contributed by atoms with Crippen molar-refractivity contribution in [3.8, 4) is 17.6 Å². The van der Waals surface area contributed by atoms with E-state index < -0.39 is 4.92 Å². The molecule has 0 radical (unpaired) electrons. The van der Waals surface area contributed by atoms with Gasteiger partial charge in [-0.1, -0.05) is 0 Å². The number of anilines is 1. The number of nitriles is 1. The zero-order chi connectivity index (χ0) is 13.8. The lowest BCUT2D eigenvalue weighted by Gasteiger charge is -2.22. The Kier molecular flexibility index (Phi) is 3.71. The van der Waals surface area contributed by atoms with Gasteiger partial charge in [0.05, 0.1) is 23.5 Å². The highest BCUT2D eigenvalue weighted by atomic mass is 16.6. The summed E-state index contributed by atoms with van der Waals surface area (Å²) >= 11 is 0. The van der Waals surface area contributed by atoms with Gasteiger partial charge in [0.15, 0.2) is 11.5 Å². The Hall–Kier alpha value is -2.49. The first-order chi connectivity index (χ1) is 9.13. The third kappa shape index (κ3) is 2.68. The maximum atomic E-state index is 11.1. The molecule has 0 atom stereocenters. The quantitative estimate of drug-likeness (QED) is 0.607. The molecule has 1 aliphatic heterocycles. The van der Waals surface area contributed by atoms with Gasteiger partial charge < -0.3 is 14.4 Å². The van der Waals surface area contributed by atoms with Gasteiger partial charge in [-0.15, -0.1) is 0 Å². The summed E-state index contributed by atoms with van der Waals surface area (Å²) in [5.74, 6) is 0.881. The summed E-state index contributed by atoms with van der Waals surface area (Å²) in [6.07, 6.45) is 0.294. The van der Waals surface area contributed by atoms with E-state index in [1.54, 1.807) is 18.0 Å². The first-order valence-corrected chi connectivity index (χ1v) is 5.79. The first-order valence-electron chi connectivity index (χ1n) is 5.79. The van der Waals surface area contributed by atoms with E-state index in [1.165, 1.54) is 6.07 Å². The van der Waals surface area contributed by atoms with Gasteiger partial charge in [-0.25, -0.2) is 0 Å². The molecule has 0 aromatic heterocycles. The number of hydrogen-bond donors (Lipinski definition) is 0. The van der Waals surface area contributed by atoms with Crippen LogP contribution in [0.3, 0.4) is 0 Å². The fourth-order valence-corrected chi connectivity index (χ4v) is 1.86. The fourth-order valence-electron chi connectivity index (χ4n) is 1.86. The molecule has 0 amide bonds. The molecule has 0 bridgehead atoms. The Morgan fingerprint density at radius 1 is 1.42 bits per heavy atom. The lowest BCUT2D eigenvalue weighted by atomic mass is 10.2. The van der Waals surface area contributed by atoms with E-state index in [9.17, 15) is 10.1 Å². The van der Waals surface area contributed by atoms with Crippen molar-refractivity contribution in [3.63, 3.8) is 0 Å². The average Bonchev–Trinajstić information content (AvgIpc) is 2.43. The van der Waals surface area contributed by atoms with Crippen molar-refractivity contribution in [2.45, 2.75) is 6.42 Å². The van der Waals surface area contributed by atoms with Crippen molar-refractivity contribution in [3.05, 3.63) is 22.2 Å². The van der Waals surface area contributed by atoms with Crippen LogP contribution in [-0.2, 0) is 0 Å². The molecule has 7 nitrogen and oxygen atoms in total. The Labute approximate surface area is 110 Å².